The van der Waals surface area contributed by atoms with Crippen molar-refractivity contribution in [2.75, 3.05) is 5.32 Å². The number of alkyl halides is 3. The molecule has 1 amide bonds. The molecule has 0 atom stereocenters. The van der Waals surface area contributed by atoms with Crippen molar-refractivity contribution in [1.82, 2.24) is 0 Å². The number of carbonyl (C=O) groups excluding carboxylic acids is 1. The number of hydrogen-bond acceptors (Lipinski definition) is 2. The van der Waals surface area contributed by atoms with Crippen LogP contribution in [-0.2, 0) is 11.0 Å². The maximum Gasteiger partial charge on any atom is 0.416 e. The van der Waals surface area contributed by atoms with Gasteiger partial charge in [0.15, 0.2) is 0 Å². The summed E-state index contributed by atoms with van der Waals surface area (Å²) >= 11 is 3.10. The lowest BCUT2D eigenvalue weighted by molar-refractivity contribution is -0.137. The molecule has 0 bridgehead atoms. The number of benzene rings is 1. The average Bonchev–Trinajstić information content (AvgIpc) is 2.35. The van der Waals surface area contributed by atoms with Gasteiger partial charge in [0.25, 0.3) is 0 Å². The van der Waals surface area contributed by atoms with Gasteiger partial charge >= 0.3 is 6.18 Å². The third kappa shape index (κ3) is 3.05. The van der Waals surface area contributed by atoms with Gasteiger partial charge < -0.3 is 5.32 Å². The summed E-state index contributed by atoms with van der Waals surface area (Å²) in [6, 6.07) is 4.98. The number of halogens is 4. The Hall–Kier alpha value is -1.55. The molecule has 1 N–H and O–H groups in total. The zero-order valence-corrected chi connectivity index (χ0v) is 12.7. The lowest BCUT2D eigenvalue weighted by Gasteiger charge is -2.39. The Labute approximate surface area is 128 Å². The first kappa shape index (κ1) is 15.8. The molecular formula is C14H12BrF3N2O. The molecular weight excluding hydrogens is 349 g/mol. The van der Waals surface area contributed by atoms with Crippen LogP contribution in [0.25, 0.3) is 0 Å². The van der Waals surface area contributed by atoms with Crippen LogP contribution in [0, 0.1) is 22.7 Å². The maximum atomic E-state index is 12.7. The van der Waals surface area contributed by atoms with E-state index in [9.17, 15) is 18.0 Å². The Morgan fingerprint density at radius 1 is 1.48 bits per heavy atom. The van der Waals surface area contributed by atoms with E-state index in [-0.39, 0.29) is 11.6 Å². The highest BCUT2D eigenvalue weighted by atomic mass is 79.9. The van der Waals surface area contributed by atoms with Crippen LogP contribution in [0.5, 0.6) is 0 Å². The van der Waals surface area contributed by atoms with Crippen LogP contribution in [0.3, 0.4) is 0 Å². The summed E-state index contributed by atoms with van der Waals surface area (Å²) in [5.41, 5.74) is -1.97. The van der Waals surface area contributed by atoms with Crippen molar-refractivity contribution >= 4 is 27.5 Å². The van der Waals surface area contributed by atoms with Crippen molar-refractivity contribution in [3.63, 3.8) is 0 Å². The molecule has 1 aromatic carbocycles. The molecule has 2 rings (SSSR count). The number of rotatable bonds is 2. The van der Waals surface area contributed by atoms with Gasteiger partial charge in [0, 0.05) is 4.47 Å². The molecule has 7 heteroatoms. The van der Waals surface area contributed by atoms with E-state index in [1.165, 1.54) is 6.07 Å². The lowest BCUT2D eigenvalue weighted by atomic mass is 9.63. The summed E-state index contributed by atoms with van der Waals surface area (Å²) in [7, 11) is 0. The van der Waals surface area contributed by atoms with Crippen molar-refractivity contribution in [3.8, 4) is 6.07 Å². The van der Waals surface area contributed by atoms with E-state index in [1.54, 1.807) is 0 Å². The lowest BCUT2D eigenvalue weighted by Crippen LogP contribution is -2.45. The zero-order valence-electron chi connectivity index (χ0n) is 11.1. The standard InChI is InChI=1S/C14H12BrF3N2O/c1-8-5-13(6-8,7-19)12(21)20-11-4-9(14(16,17)18)2-3-10(11)15/h2-4,8H,5-6H2,1H3,(H,20,21). The second-order valence-electron chi connectivity index (χ2n) is 5.35. The Bertz CT molecular complexity index is 616. The minimum atomic E-state index is -4.49. The predicted molar refractivity (Wildman–Crippen MR) is 74.2 cm³/mol. The fraction of sp³-hybridized carbons (Fsp3) is 0.429. The molecule has 1 saturated carbocycles. The minimum absolute atomic E-state index is 0.0176. The van der Waals surface area contributed by atoms with Gasteiger partial charge in [0.05, 0.1) is 17.3 Å². The Balaban J connectivity index is 2.24. The molecule has 0 radical (unpaired) electrons. The smallest absolute Gasteiger partial charge is 0.324 e. The van der Waals surface area contributed by atoms with Crippen LogP contribution in [-0.4, -0.2) is 5.91 Å². The first-order valence-electron chi connectivity index (χ1n) is 6.27. The van der Waals surface area contributed by atoms with E-state index < -0.39 is 23.1 Å². The van der Waals surface area contributed by atoms with Gasteiger partial charge in [-0.25, -0.2) is 0 Å². The number of anilines is 1. The molecule has 21 heavy (non-hydrogen) atoms. The first-order valence-corrected chi connectivity index (χ1v) is 7.07. The highest BCUT2D eigenvalue weighted by molar-refractivity contribution is 9.10. The van der Waals surface area contributed by atoms with Crippen molar-refractivity contribution in [2.45, 2.75) is 25.9 Å². The summed E-state index contributed by atoms with van der Waals surface area (Å²) in [4.78, 5) is 12.2. The van der Waals surface area contributed by atoms with Gasteiger partial charge in [0.1, 0.15) is 5.41 Å². The molecule has 0 unspecified atom stereocenters. The highest BCUT2D eigenvalue weighted by Gasteiger charge is 2.49. The predicted octanol–water partition coefficient (Wildman–Crippen LogP) is 4.35. The van der Waals surface area contributed by atoms with Gasteiger partial charge in [-0.05, 0) is 52.9 Å². The summed E-state index contributed by atoms with van der Waals surface area (Å²) < 4.78 is 38.4. The molecule has 1 aromatic rings. The number of carbonyl (C=O) groups is 1. The molecule has 0 heterocycles. The molecule has 0 saturated heterocycles. The van der Waals surface area contributed by atoms with Gasteiger partial charge in [-0.2, -0.15) is 18.4 Å². The molecule has 1 aliphatic carbocycles. The van der Waals surface area contributed by atoms with Crippen LogP contribution in [0.4, 0.5) is 18.9 Å². The molecule has 0 aliphatic heterocycles. The van der Waals surface area contributed by atoms with Crippen molar-refractivity contribution < 1.29 is 18.0 Å². The normalized spacial score (nSPS) is 24.9. The van der Waals surface area contributed by atoms with Gasteiger partial charge in [-0.3, -0.25) is 4.79 Å². The van der Waals surface area contributed by atoms with Crippen LogP contribution in [0.15, 0.2) is 22.7 Å². The Kier molecular flexibility index (Phi) is 4.02. The van der Waals surface area contributed by atoms with Crippen LogP contribution < -0.4 is 5.32 Å². The fourth-order valence-corrected chi connectivity index (χ4v) is 2.84. The quantitative estimate of drug-likeness (QED) is 0.852. The van der Waals surface area contributed by atoms with E-state index in [1.807, 2.05) is 13.0 Å². The van der Waals surface area contributed by atoms with E-state index in [2.05, 4.69) is 21.2 Å². The number of nitrogens with one attached hydrogen (secondary N) is 1. The van der Waals surface area contributed by atoms with Gasteiger partial charge in [0.2, 0.25) is 5.91 Å². The summed E-state index contributed by atoms with van der Waals surface area (Å²) in [5, 5.41) is 11.6. The minimum Gasteiger partial charge on any atom is -0.324 e. The number of amides is 1. The molecule has 0 spiro atoms. The zero-order chi connectivity index (χ0) is 15.8. The van der Waals surface area contributed by atoms with Gasteiger partial charge in [-0.15, -0.1) is 0 Å². The molecule has 1 aliphatic rings. The topological polar surface area (TPSA) is 52.9 Å². The Morgan fingerprint density at radius 3 is 2.57 bits per heavy atom. The van der Waals surface area contributed by atoms with E-state index in [0.717, 1.165) is 12.1 Å². The first-order chi connectivity index (χ1) is 9.68. The molecule has 0 aromatic heterocycles. The maximum absolute atomic E-state index is 12.7. The highest BCUT2D eigenvalue weighted by Crippen LogP contribution is 2.46. The third-order valence-corrected chi connectivity index (χ3v) is 4.28. The fourth-order valence-electron chi connectivity index (χ4n) is 2.50. The van der Waals surface area contributed by atoms with E-state index >= 15 is 0 Å². The Morgan fingerprint density at radius 2 is 2.10 bits per heavy atom. The van der Waals surface area contributed by atoms with E-state index in [4.69, 9.17) is 5.26 Å². The van der Waals surface area contributed by atoms with Crippen LogP contribution >= 0.6 is 15.9 Å². The monoisotopic (exact) mass is 360 g/mol. The second kappa shape index (κ2) is 5.34. The van der Waals surface area contributed by atoms with Crippen LogP contribution in [0.2, 0.25) is 0 Å². The van der Waals surface area contributed by atoms with E-state index in [0.29, 0.717) is 17.3 Å². The number of nitriles is 1. The number of hydrogen-bond donors (Lipinski definition) is 1. The van der Waals surface area contributed by atoms with Crippen molar-refractivity contribution in [2.24, 2.45) is 11.3 Å². The molecule has 1 fully saturated rings. The average molecular weight is 361 g/mol. The van der Waals surface area contributed by atoms with Crippen molar-refractivity contribution in [1.29, 1.82) is 5.26 Å². The summed E-state index contributed by atoms with van der Waals surface area (Å²) in [6.45, 7) is 1.92. The third-order valence-electron chi connectivity index (χ3n) is 3.58. The molecule has 3 nitrogen and oxygen atoms in total. The van der Waals surface area contributed by atoms with Gasteiger partial charge in [-0.1, -0.05) is 6.92 Å². The summed E-state index contributed by atoms with van der Waals surface area (Å²) in [5.74, 6) is -0.288. The second-order valence-corrected chi connectivity index (χ2v) is 6.21. The SMILES string of the molecule is CC1CC(C#N)(C(=O)Nc2cc(C(F)(F)F)ccc2Br)C1. The summed E-state index contributed by atoms with van der Waals surface area (Å²) in [6.07, 6.45) is -3.64. The largest absolute Gasteiger partial charge is 0.416 e. The van der Waals surface area contributed by atoms with Crippen molar-refractivity contribution in [3.05, 3.63) is 28.2 Å². The molecule has 112 valence electrons. The van der Waals surface area contributed by atoms with Crippen LogP contribution in [0.1, 0.15) is 25.3 Å². The number of nitrogens with zero attached hydrogens (tertiary/aromatic N) is 1.